The maximum absolute atomic E-state index is 12.0. The average molecular weight is 386 g/mol. The van der Waals surface area contributed by atoms with Crippen LogP contribution in [0.5, 0.6) is 0 Å². The molecule has 0 spiro atoms. The van der Waals surface area contributed by atoms with Crippen LogP contribution in [0.25, 0.3) is 33.4 Å². The number of nitrogens with zero attached hydrogens (tertiary/aromatic N) is 2. The fraction of sp³-hybridized carbons (Fsp3) is 0.0870. The van der Waals surface area contributed by atoms with Crippen LogP contribution in [0.2, 0.25) is 0 Å². The van der Waals surface area contributed by atoms with E-state index in [0.717, 1.165) is 27.8 Å². The van der Waals surface area contributed by atoms with Crippen molar-refractivity contribution in [3.8, 4) is 22.4 Å². The van der Waals surface area contributed by atoms with Gasteiger partial charge in [-0.3, -0.25) is 4.79 Å². The molecule has 0 bridgehead atoms. The highest BCUT2D eigenvalue weighted by atomic mass is 16.5. The Balaban J connectivity index is 2.13. The molecule has 0 radical (unpaired) electrons. The lowest BCUT2D eigenvalue weighted by Crippen LogP contribution is -2.12. The van der Waals surface area contributed by atoms with Crippen molar-refractivity contribution in [3.05, 3.63) is 78.5 Å². The van der Waals surface area contributed by atoms with Crippen molar-refractivity contribution in [1.29, 1.82) is 0 Å². The summed E-state index contributed by atoms with van der Waals surface area (Å²) in [5.41, 5.74) is 3.97. The Hall–Kier alpha value is -3.93. The van der Waals surface area contributed by atoms with E-state index in [1.165, 1.54) is 7.11 Å². The zero-order valence-corrected chi connectivity index (χ0v) is 15.7. The zero-order chi connectivity index (χ0) is 20.4. The molecule has 2 aromatic carbocycles. The minimum absolute atomic E-state index is 0.128. The van der Waals surface area contributed by atoms with Crippen LogP contribution in [0, 0.1) is 0 Å². The van der Waals surface area contributed by atoms with Crippen molar-refractivity contribution in [2.75, 3.05) is 7.11 Å². The van der Waals surface area contributed by atoms with Crippen molar-refractivity contribution in [1.82, 2.24) is 9.55 Å². The molecule has 2 aromatic heterocycles. The summed E-state index contributed by atoms with van der Waals surface area (Å²) < 4.78 is 6.43. The number of pyridine rings is 1. The first-order valence-electron chi connectivity index (χ1n) is 9.04. The molecule has 0 saturated heterocycles. The summed E-state index contributed by atoms with van der Waals surface area (Å²) in [5, 5.41) is 10.3. The molecule has 6 heteroatoms. The molecule has 0 aliphatic heterocycles. The summed E-state index contributed by atoms with van der Waals surface area (Å²) in [4.78, 5) is 28.1. The van der Waals surface area contributed by atoms with E-state index in [2.05, 4.69) is 4.98 Å². The van der Waals surface area contributed by atoms with Crippen LogP contribution in [-0.4, -0.2) is 33.7 Å². The number of aliphatic carboxylic acids is 1. The number of carboxylic acid groups (broad SMARTS) is 1. The van der Waals surface area contributed by atoms with Gasteiger partial charge in [-0.25, -0.2) is 9.78 Å². The van der Waals surface area contributed by atoms with Crippen molar-refractivity contribution in [3.63, 3.8) is 0 Å². The Labute approximate surface area is 167 Å². The summed E-state index contributed by atoms with van der Waals surface area (Å²) in [6, 6.07) is 22.7. The number of ether oxygens (including phenoxy) is 1. The molecule has 0 aliphatic carbocycles. The molecule has 0 atom stereocenters. The quantitative estimate of drug-likeness (QED) is 0.519. The van der Waals surface area contributed by atoms with Crippen molar-refractivity contribution in [2.45, 2.75) is 6.54 Å². The number of aromatic nitrogens is 2. The molecule has 1 N–H and O–H groups in total. The number of esters is 1. The van der Waals surface area contributed by atoms with Crippen LogP contribution in [0.3, 0.4) is 0 Å². The van der Waals surface area contributed by atoms with Gasteiger partial charge in [-0.05, 0) is 23.3 Å². The molecular formula is C23H18N2O4. The summed E-state index contributed by atoms with van der Waals surface area (Å²) in [7, 11) is 1.29. The lowest BCUT2D eigenvalue weighted by molar-refractivity contribution is -0.137. The Morgan fingerprint density at radius 3 is 2.14 bits per heavy atom. The summed E-state index contributed by atoms with van der Waals surface area (Å²) >= 11 is 0. The number of benzene rings is 2. The first-order valence-corrected chi connectivity index (χ1v) is 9.04. The largest absolute Gasteiger partial charge is 0.480 e. The first-order chi connectivity index (χ1) is 14.1. The molecule has 0 unspecified atom stereocenters. The highest BCUT2D eigenvalue weighted by molar-refractivity contribution is 6.05. The predicted octanol–water partition coefficient (Wildman–Crippen LogP) is 4.24. The second kappa shape index (κ2) is 7.59. The van der Waals surface area contributed by atoms with E-state index in [1.807, 2.05) is 60.7 Å². The number of hydrogen-bond donors (Lipinski definition) is 1. The number of hydrogen-bond acceptors (Lipinski definition) is 4. The van der Waals surface area contributed by atoms with Gasteiger partial charge in [-0.15, -0.1) is 0 Å². The van der Waals surface area contributed by atoms with Crippen LogP contribution in [-0.2, 0) is 16.1 Å². The molecule has 0 saturated carbocycles. The van der Waals surface area contributed by atoms with Crippen LogP contribution < -0.4 is 0 Å². The lowest BCUT2D eigenvalue weighted by atomic mass is 9.99. The van der Waals surface area contributed by atoms with E-state index in [0.29, 0.717) is 5.65 Å². The summed E-state index contributed by atoms with van der Waals surface area (Å²) in [6.07, 6.45) is 0. The lowest BCUT2D eigenvalue weighted by Gasteiger charge is -2.11. The molecule has 0 amide bonds. The molecule has 29 heavy (non-hydrogen) atoms. The minimum Gasteiger partial charge on any atom is -0.480 e. The normalized spacial score (nSPS) is 10.8. The van der Waals surface area contributed by atoms with E-state index in [4.69, 9.17) is 4.74 Å². The van der Waals surface area contributed by atoms with Gasteiger partial charge in [-0.2, -0.15) is 0 Å². The number of carboxylic acids is 1. The number of carbonyl (C=O) groups is 2. The van der Waals surface area contributed by atoms with E-state index >= 15 is 0 Å². The maximum Gasteiger partial charge on any atom is 0.356 e. The first kappa shape index (κ1) is 18.4. The van der Waals surface area contributed by atoms with Crippen molar-refractivity contribution in [2.24, 2.45) is 0 Å². The van der Waals surface area contributed by atoms with Gasteiger partial charge in [-0.1, -0.05) is 60.7 Å². The fourth-order valence-corrected chi connectivity index (χ4v) is 3.52. The van der Waals surface area contributed by atoms with E-state index in [9.17, 15) is 14.7 Å². The third kappa shape index (κ3) is 3.36. The van der Waals surface area contributed by atoms with Gasteiger partial charge in [0.05, 0.1) is 12.8 Å². The molecule has 6 nitrogen and oxygen atoms in total. The highest BCUT2D eigenvalue weighted by Gasteiger charge is 2.23. The van der Waals surface area contributed by atoms with Gasteiger partial charge in [0.25, 0.3) is 0 Å². The molecule has 0 fully saturated rings. The van der Waals surface area contributed by atoms with E-state index in [1.54, 1.807) is 16.7 Å². The molecule has 144 valence electrons. The van der Waals surface area contributed by atoms with Crippen molar-refractivity contribution < 1.29 is 19.4 Å². The SMILES string of the molecule is COC(=O)c1ccc2c(-c3ccccc3)c(-c3ccccc3)n(CC(=O)O)c2n1. The predicted molar refractivity (Wildman–Crippen MR) is 110 cm³/mol. The van der Waals surface area contributed by atoms with Gasteiger partial charge in [0, 0.05) is 10.9 Å². The van der Waals surface area contributed by atoms with Crippen LogP contribution >= 0.6 is 0 Å². The molecular weight excluding hydrogens is 368 g/mol. The Morgan fingerprint density at radius 2 is 1.55 bits per heavy atom. The topological polar surface area (TPSA) is 81.4 Å². The fourth-order valence-electron chi connectivity index (χ4n) is 3.52. The van der Waals surface area contributed by atoms with Crippen molar-refractivity contribution >= 4 is 23.0 Å². The van der Waals surface area contributed by atoms with Gasteiger partial charge >= 0.3 is 11.9 Å². The van der Waals surface area contributed by atoms with Crippen LogP contribution in [0.1, 0.15) is 10.5 Å². The van der Waals surface area contributed by atoms with Crippen LogP contribution in [0.15, 0.2) is 72.8 Å². The monoisotopic (exact) mass is 386 g/mol. The smallest absolute Gasteiger partial charge is 0.356 e. The second-order valence-corrected chi connectivity index (χ2v) is 6.49. The third-order valence-electron chi connectivity index (χ3n) is 4.70. The number of fused-ring (bicyclic) bond motifs is 1. The Kier molecular flexibility index (Phi) is 4.83. The summed E-state index contributed by atoms with van der Waals surface area (Å²) in [6.45, 7) is -0.287. The van der Waals surface area contributed by atoms with Gasteiger partial charge in [0.15, 0.2) is 5.69 Å². The van der Waals surface area contributed by atoms with Gasteiger partial charge in [0.2, 0.25) is 0 Å². The van der Waals surface area contributed by atoms with Gasteiger partial charge in [0.1, 0.15) is 12.2 Å². The Bertz CT molecular complexity index is 1200. The summed E-state index contributed by atoms with van der Waals surface area (Å²) in [5.74, 6) is -1.57. The number of rotatable bonds is 5. The minimum atomic E-state index is -0.996. The van der Waals surface area contributed by atoms with Crippen LogP contribution in [0.4, 0.5) is 0 Å². The Morgan fingerprint density at radius 1 is 0.931 bits per heavy atom. The molecule has 4 rings (SSSR count). The molecule has 0 aliphatic rings. The highest BCUT2D eigenvalue weighted by Crippen LogP contribution is 2.40. The number of methoxy groups -OCH3 is 1. The maximum atomic E-state index is 12.0. The number of carbonyl (C=O) groups excluding carboxylic acids is 1. The average Bonchev–Trinajstić information content (AvgIpc) is 3.07. The van der Waals surface area contributed by atoms with E-state index in [-0.39, 0.29) is 12.2 Å². The molecule has 2 heterocycles. The third-order valence-corrected chi connectivity index (χ3v) is 4.70. The standard InChI is InChI=1S/C23H18N2O4/c1-29-23(28)18-13-12-17-20(15-8-4-2-5-9-15)21(16-10-6-3-7-11-16)25(14-19(26)27)22(17)24-18/h2-13H,14H2,1H3,(H,26,27). The molecule has 4 aromatic rings. The van der Waals surface area contributed by atoms with E-state index < -0.39 is 11.9 Å². The van der Waals surface area contributed by atoms with Gasteiger partial charge < -0.3 is 14.4 Å². The second-order valence-electron chi connectivity index (χ2n) is 6.49. The zero-order valence-electron chi connectivity index (χ0n) is 15.7.